The van der Waals surface area contributed by atoms with E-state index in [0.29, 0.717) is 5.92 Å². The van der Waals surface area contributed by atoms with E-state index in [1.54, 1.807) is 7.11 Å². The highest BCUT2D eigenvalue weighted by molar-refractivity contribution is 7.79. The quantitative estimate of drug-likeness (QED) is 0.759. The first kappa shape index (κ1) is 12.1. The fourth-order valence-corrected chi connectivity index (χ4v) is 3.89. The number of ether oxygens (including phenoxy) is 1. The van der Waals surface area contributed by atoms with E-state index in [9.17, 15) is 0 Å². The van der Waals surface area contributed by atoms with Gasteiger partial charge in [-0.25, -0.2) is 0 Å². The van der Waals surface area contributed by atoms with Gasteiger partial charge >= 0.3 is 0 Å². The molecule has 1 aromatic rings. The molecule has 0 radical (unpaired) electrons. The highest BCUT2D eigenvalue weighted by atomic mass is 32.1. The van der Waals surface area contributed by atoms with Crippen molar-refractivity contribution < 1.29 is 4.74 Å². The largest absolute Gasteiger partial charge is 0.496 e. The van der Waals surface area contributed by atoms with Crippen LogP contribution in [0.4, 0.5) is 0 Å². The molecule has 1 fully saturated rings. The van der Waals surface area contributed by atoms with Crippen LogP contribution in [0.15, 0.2) is 12.1 Å². The molecule has 18 heavy (non-hydrogen) atoms. The van der Waals surface area contributed by atoms with Gasteiger partial charge in [-0.3, -0.25) is 0 Å². The molecule has 2 atom stereocenters. The summed E-state index contributed by atoms with van der Waals surface area (Å²) in [5.41, 5.74) is 4.08. The predicted octanol–water partition coefficient (Wildman–Crippen LogP) is 2.63. The Balaban J connectivity index is 2.13. The van der Waals surface area contributed by atoms with Crippen LogP contribution < -0.4 is 4.74 Å². The van der Waals surface area contributed by atoms with Gasteiger partial charge in [0.1, 0.15) is 5.75 Å². The van der Waals surface area contributed by atoms with Crippen LogP contribution >= 0.6 is 12.2 Å². The lowest BCUT2D eigenvalue weighted by molar-refractivity contribution is 0.379. The lowest BCUT2D eigenvalue weighted by atomic mass is 9.75. The zero-order valence-corrected chi connectivity index (χ0v) is 11.8. The average Bonchev–Trinajstić information content (AvgIpc) is 2.77. The highest BCUT2D eigenvalue weighted by Crippen LogP contribution is 2.45. The van der Waals surface area contributed by atoms with Crippen molar-refractivity contribution in [2.45, 2.75) is 18.8 Å². The minimum Gasteiger partial charge on any atom is -0.496 e. The molecule has 0 spiro atoms. The third kappa shape index (κ3) is 1.77. The highest BCUT2D eigenvalue weighted by Gasteiger charge is 2.38. The first-order valence-electron chi connectivity index (χ1n) is 6.58. The van der Waals surface area contributed by atoms with Crippen molar-refractivity contribution in [3.63, 3.8) is 0 Å². The van der Waals surface area contributed by atoms with Crippen LogP contribution in [0.2, 0.25) is 0 Å². The standard InChI is InChI=1S/C15H19NOS/c1-16-7-10-3-5-12-11(9-18)4-6-14(17-2)15(12)13(10)8-16/h4,6,9-10,13H,3,5,7-8H2,1-2H3. The molecule has 0 aromatic heterocycles. The molecular formula is C15H19NOS. The maximum Gasteiger partial charge on any atom is 0.122 e. The second-order valence-corrected chi connectivity index (χ2v) is 5.73. The topological polar surface area (TPSA) is 12.5 Å². The van der Waals surface area contributed by atoms with Gasteiger partial charge < -0.3 is 9.64 Å². The van der Waals surface area contributed by atoms with Crippen LogP contribution in [-0.4, -0.2) is 37.5 Å². The van der Waals surface area contributed by atoms with Gasteiger partial charge in [0.2, 0.25) is 0 Å². The number of likely N-dealkylation sites (tertiary alicyclic amines) is 1. The Labute approximate surface area is 114 Å². The summed E-state index contributed by atoms with van der Waals surface area (Å²) in [7, 11) is 3.99. The molecule has 0 saturated carbocycles. The second kappa shape index (κ2) is 4.63. The van der Waals surface area contributed by atoms with Gasteiger partial charge in [0.15, 0.2) is 0 Å². The summed E-state index contributed by atoms with van der Waals surface area (Å²) < 4.78 is 5.59. The number of nitrogens with zero attached hydrogens (tertiary/aromatic N) is 1. The molecule has 3 heteroatoms. The fraction of sp³-hybridized carbons (Fsp3) is 0.533. The summed E-state index contributed by atoms with van der Waals surface area (Å²) in [6.07, 6.45) is 2.43. The molecule has 0 bridgehead atoms. The maximum absolute atomic E-state index is 5.59. The van der Waals surface area contributed by atoms with Crippen LogP contribution in [0.1, 0.15) is 29.0 Å². The molecule has 2 aliphatic rings. The molecule has 1 aromatic carbocycles. The van der Waals surface area contributed by atoms with E-state index in [1.807, 2.05) is 5.37 Å². The van der Waals surface area contributed by atoms with Crippen molar-refractivity contribution in [3.05, 3.63) is 28.8 Å². The van der Waals surface area contributed by atoms with Gasteiger partial charge in [-0.15, -0.1) is 0 Å². The van der Waals surface area contributed by atoms with Crippen LogP contribution in [0.25, 0.3) is 0 Å². The Morgan fingerprint density at radius 1 is 1.39 bits per heavy atom. The number of rotatable bonds is 2. The summed E-state index contributed by atoms with van der Waals surface area (Å²) in [4.78, 5) is 2.44. The van der Waals surface area contributed by atoms with E-state index in [4.69, 9.17) is 17.0 Å². The van der Waals surface area contributed by atoms with E-state index in [0.717, 1.165) is 24.6 Å². The number of fused-ring (bicyclic) bond motifs is 3. The number of hydrogen-bond acceptors (Lipinski definition) is 3. The van der Waals surface area contributed by atoms with Crippen molar-refractivity contribution >= 4 is 17.6 Å². The fourth-order valence-electron chi connectivity index (χ4n) is 3.67. The lowest BCUT2D eigenvalue weighted by Gasteiger charge is -2.30. The Hall–Kier alpha value is -0.930. The van der Waals surface area contributed by atoms with Crippen LogP contribution in [0, 0.1) is 5.92 Å². The van der Waals surface area contributed by atoms with Gasteiger partial charge in [0, 0.05) is 29.9 Å². The summed E-state index contributed by atoms with van der Waals surface area (Å²) in [6, 6.07) is 4.18. The molecule has 1 aliphatic heterocycles. The summed E-state index contributed by atoms with van der Waals surface area (Å²) in [6.45, 7) is 2.37. The number of hydrogen-bond donors (Lipinski definition) is 0. The van der Waals surface area contributed by atoms with Crippen LogP contribution in [0.3, 0.4) is 0 Å². The first-order chi connectivity index (χ1) is 8.74. The van der Waals surface area contributed by atoms with Crippen molar-refractivity contribution in [3.8, 4) is 5.75 Å². The molecule has 1 aliphatic carbocycles. The van der Waals surface area contributed by atoms with E-state index < -0.39 is 0 Å². The van der Waals surface area contributed by atoms with Crippen LogP contribution in [0.5, 0.6) is 5.75 Å². The van der Waals surface area contributed by atoms with Crippen molar-refractivity contribution in [2.75, 3.05) is 27.2 Å². The molecular weight excluding hydrogens is 242 g/mol. The maximum atomic E-state index is 5.59. The van der Waals surface area contributed by atoms with E-state index >= 15 is 0 Å². The van der Waals surface area contributed by atoms with Gasteiger partial charge in [-0.1, -0.05) is 18.3 Å². The Kier molecular flexibility index (Phi) is 3.12. The number of benzene rings is 1. The molecule has 96 valence electrons. The van der Waals surface area contributed by atoms with Gasteiger partial charge in [0.25, 0.3) is 0 Å². The lowest BCUT2D eigenvalue weighted by Crippen LogP contribution is -2.21. The van der Waals surface area contributed by atoms with Crippen molar-refractivity contribution in [2.24, 2.45) is 5.92 Å². The molecule has 3 rings (SSSR count). The molecule has 2 nitrogen and oxygen atoms in total. The Morgan fingerprint density at radius 3 is 2.94 bits per heavy atom. The third-order valence-electron chi connectivity index (χ3n) is 4.46. The normalized spacial score (nSPS) is 26.6. The van der Waals surface area contributed by atoms with E-state index in [-0.39, 0.29) is 0 Å². The molecule has 0 N–H and O–H groups in total. The number of likely N-dealkylation sites (N-methyl/N-ethyl adjacent to an activating group) is 1. The summed E-state index contributed by atoms with van der Waals surface area (Å²) in [5.74, 6) is 2.47. The Bertz CT molecular complexity index is 486. The zero-order chi connectivity index (χ0) is 12.7. The summed E-state index contributed by atoms with van der Waals surface area (Å²) >= 11 is 5.15. The molecule has 2 unspecified atom stereocenters. The van der Waals surface area contributed by atoms with Crippen LogP contribution in [-0.2, 0) is 6.42 Å². The second-order valence-electron chi connectivity index (χ2n) is 5.49. The number of methoxy groups -OCH3 is 1. The Morgan fingerprint density at radius 2 is 2.22 bits per heavy atom. The first-order valence-corrected chi connectivity index (χ1v) is 7.05. The van der Waals surface area contributed by atoms with E-state index in [1.165, 1.54) is 29.7 Å². The molecule has 1 saturated heterocycles. The minimum atomic E-state index is 0.628. The summed E-state index contributed by atoms with van der Waals surface area (Å²) in [5, 5.41) is 1.82. The third-order valence-corrected chi connectivity index (χ3v) is 4.71. The zero-order valence-electron chi connectivity index (χ0n) is 11.0. The van der Waals surface area contributed by atoms with Crippen molar-refractivity contribution in [1.82, 2.24) is 4.90 Å². The predicted molar refractivity (Wildman–Crippen MR) is 77.8 cm³/mol. The van der Waals surface area contributed by atoms with Gasteiger partial charge in [-0.05, 0) is 43.0 Å². The van der Waals surface area contributed by atoms with Gasteiger partial charge in [-0.2, -0.15) is 0 Å². The molecule has 0 amide bonds. The molecule has 1 heterocycles. The van der Waals surface area contributed by atoms with E-state index in [2.05, 4.69) is 24.1 Å². The van der Waals surface area contributed by atoms with Gasteiger partial charge in [0.05, 0.1) is 7.11 Å². The van der Waals surface area contributed by atoms with Crippen molar-refractivity contribution in [1.29, 1.82) is 0 Å². The number of thiocarbonyl (C=S) groups is 1. The SMILES string of the molecule is COc1ccc(C=S)c2c1C1CN(C)CC1CC2. The minimum absolute atomic E-state index is 0.628. The smallest absolute Gasteiger partial charge is 0.122 e. The monoisotopic (exact) mass is 261 g/mol. The average molecular weight is 261 g/mol.